The molecule has 1 atom stereocenters. The van der Waals surface area contributed by atoms with Gasteiger partial charge in [-0.25, -0.2) is 0 Å². The molecule has 0 aromatic carbocycles. The Morgan fingerprint density at radius 1 is 1.57 bits per heavy atom. The van der Waals surface area contributed by atoms with Crippen LogP contribution in [0.1, 0.15) is 27.2 Å². The van der Waals surface area contributed by atoms with E-state index in [0.717, 1.165) is 6.42 Å². The Bertz CT molecular complexity index is 228. The van der Waals surface area contributed by atoms with Crippen molar-refractivity contribution in [2.75, 3.05) is 13.6 Å². The Labute approximate surface area is 86.6 Å². The molecule has 0 bridgehead atoms. The van der Waals surface area contributed by atoms with Gasteiger partial charge in [0.25, 0.3) is 0 Å². The van der Waals surface area contributed by atoms with Gasteiger partial charge in [-0.2, -0.15) is 0 Å². The van der Waals surface area contributed by atoms with E-state index in [1.165, 1.54) is 0 Å². The van der Waals surface area contributed by atoms with Crippen molar-refractivity contribution in [1.29, 1.82) is 0 Å². The van der Waals surface area contributed by atoms with Crippen LogP contribution in [-0.2, 0) is 4.79 Å². The number of amides is 1. The molecule has 0 aliphatic rings. The monoisotopic (exact) mass is 196 g/mol. The molecule has 1 unspecified atom stereocenters. The molecule has 0 rings (SSSR count). The second-order valence-corrected chi connectivity index (χ2v) is 3.97. The Kier molecular flexibility index (Phi) is 5.26. The van der Waals surface area contributed by atoms with Gasteiger partial charge in [-0.3, -0.25) is 4.79 Å². The predicted octanol–water partition coefficient (Wildman–Crippen LogP) is 0.760. The quantitative estimate of drug-likeness (QED) is 0.637. The SMILES string of the molecule is C#CC(CC)NCC(C)(C)C(=O)NC. The summed E-state index contributed by atoms with van der Waals surface area (Å²) in [6, 6.07) is 0.0546. The topological polar surface area (TPSA) is 41.1 Å². The summed E-state index contributed by atoms with van der Waals surface area (Å²) in [4.78, 5) is 11.4. The highest BCUT2D eigenvalue weighted by Crippen LogP contribution is 2.13. The lowest BCUT2D eigenvalue weighted by Gasteiger charge is -2.24. The van der Waals surface area contributed by atoms with Gasteiger partial charge in [-0.05, 0) is 20.3 Å². The lowest BCUT2D eigenvalue weighted by Crippen LogP contribution is -2.44. The second kappa shape index (κ2) is 5.66. The van der Waals surface area contributed by atoms with Crippen LogP contribution in [0.5, 0.6) is 0 Å². The molecule has 80 valence electrons. The number of rotatable bonds is 5. The van der Waals surface area contributed by atoms with Crippen LogP contribution >= 0.6 is 0 Å². The fourth-order valence-corrected chi connectivity index (χ4v) is 1.12. The van der Waals surface area contributed by atoms with E-state index < -0.39 is 5.41 Å². The maximum absolute atomic E-state index is 11.4. The van der Waals surface area contributed by atoms with Crippen molar-refractivity contribution < 1.29 is 4.79 Å². The molecule has 0 radical (unpaired) electrons. The molecule has 0 aliphatic heterocycles. The van der Waals surface area contributed by atoms with Crippen molar-refractivity contribution in [3.8, 4) is 12.3 Å². The van der Waals surface area contributed by atoms with Gasteiger partial charge in [0, 0.05) is 13.6 Å². The van der Waals surface area contributed by atoms with Gasteiger partial charge < -0.3 is 10.6 Å². The molecule has 0 spiro atoms. The van der Waals surface area contributed by atoms with Crippen LogP contribution in [0, 0.1) is 17.8 Å². The van der Waals surface area contributed by atoms with Crippen molar-refractivity contribution >= 4 is 5.91 Å². The van der Waals surface area contributed by atoms with E-state index in [-0.39, 0.29) is 11.9 Å². The standard InChI is InChI=1S/C11H20N2O/c1-6-9(7-2)13-8-11(3,4)10(14)12-5/h1,9,13H,7-8H2,2-5H3,(H,12,14). The highest BCUT2D eigenvalue weighted by Gasteiger charge is 2.26. The number of hydrogen-bond donors (Lipinski definition) is 2. The molecule has 14 heavy (non-hydrogen) atoms. The number of carbonyl (C=O) groups is 1. The third-order valence-electron chi connectivity index (χ3n) is 2.24. The summed E-state index contributed by atoms with van der Waals surface area (Å²) < 4.78 is 0. The van der Waals surface area contributed by atoms with E-state index in [4.69, 9.17) is 6.42 Å². The average molecular weight is 196 g/mol. The van der Waals surface area contributed by atoms with Crippen molar-refractivity contribution in [1.82, 2.24) is 10.6 Å². The van der Waals surface area contributed by atoms with Crippen LogP contribution in [0.2, 0.25) is 0 Å². The molecule has 0 heterocycles. The third-order valence-corrected chi connectivity index (χ3v) is 2.24. The minimum Gasteiger partial charge on any atom is -0.359 e. The molecular formula is C11H20N2O. The lowest BCUT2D eigenvalue weighted by atomic mass is 9.92. The zero-order chi connectivity index (χ0) is 11.2. The largest absolute Gasteiger partial charge is 0.359 e. The third kappa shape index (κ3) is 3.80. The molecular weight excluding hydrogens is 176 g/mol. The maximum Gasteiger partial charge on any atom is 0.226 e. The number of nitrogens with one attached hydrogen (secondary N) is 2. The molecule has 3 heteroatoms. The van der Waals surface area contributed by atoms with Crippen LogP contribution in [0.4, 0.5) is 0 Å². The molecule has 3 nitrogen and oxygen atoms in total. The second-order valence-electron chi connectivity index (χ2n) is 3.97. The summed E-state index contributed by atoms with van der Waals surface area (Å²) in [5, 5.41) is 5.81. The first kappa shape index (κ1) is 13.0. The molecule has 0 fully saturated rings. The van der Waals surface area contributed by atoms with Gasteiger partial charge in [0.05, 0.1) is 11.5 Å². The highest BCUT2D eigenvalue weighted by molar-refractivity contribution is 5.81. The van der Waals surface area contributed by atoms with Gasteiger partial charge in [0.2, 0.25) is 5.91 Å². The molecule has 0 aliphatic carbocycles. The van der Waals surface area contributed by atoms with E-state index in [0.29, 0.717) is 6.54 Å². The van der Waals surface area contributed by atoms with Crippen molar-refractivity contribution in [3.05, 3.63) is 0 Å². The van der Waals surface area contributed by atoms with Gasteiger partial charge >= 0.3 is 0 Å². The maximum atomic E-state index is 11.4. The van der Waals surface area contributed by atoms with Crippen molar-refractivity contribution in [3.63, 3.8) is 0 Å². The minimum absolute atomic E-state index is 0.0249. The summed E-state index contributed by atoms with van der Waals surface area (Å²) in [5.74, 6) is 2.66. The van der Waals surface area contributed by atoms with Crippen LogP contribution in [-0.4, -0.2) is 25.5 Å². The van der Waals surface area contributed by atoms with Gasteiger partial charge in [-0.15, -0.1) is 6.42 Å². The van der Waals surface area contributed by atoms with E-state index in [2.05, 4.69) is 16.6 Å². The molecule has 1 amide bonds. The molecule has 0 saturated heterocycles. The number of hydrogen-bond acceptors (Lipinski definition) is 2. The zero-order valence-corrected chi connectivity index (χ0v) is 9.48. The fourth-order valence-electron chi connectivity index (χ4n) is 1.12. The Balaban J connectivity index is 4.12. The van der Waals surface area contributed by atoms with Crippen molar-refractivity contribution in [2.24, 2.45) is 5.41 Å². The summed E-state index contributed by atoms with van der Waals surface area (Å²) in [5.41, 5.74) is -0.418. The van der Waals surface area contributed by atoms with Crippen molar-refractivity contribution in [2.45, 2.75) is 33.2 Å². The summed E-state index contributed by atoms with van der Waals surface area (Å²) in [6.45, 7) is 6.39. The van der Waals surface area contributed by atoms with Crippen LogP contribution < -0.4 is 10.6 Å². The molecule has 0 aromatic rings. The predicted molar refractivity (Wildman–Crippen MR) is 58.8 cm³/mol. The number of terminal acetylenes is 1. The van der Waals surface area contributed by atoms with E-state index in [1.54, 1.807) is 7.05 Å². The minimum atomic E-state index is -0.418. The van der Waals surface area contributed by atoms with E-state index in [9.17, 15) is 4.79 Å². The number of carbonyl (C=O) groups excluding carboxylic acids is 1. The van der Waals surface area contributed by atoms with Gasteiger partial charge in [0.1, 0.15) is 0 Å². The molecule has 0 aromatic heterocycles. The first-order chi connectivity index (χ1) is 6.47. The first-order valence-electron chi connectivity index (χ1n) is 4.89. The summed E-state index contributed by atoms with van der Waals surface area (Å²) in [7, 11) is 1.64. The summed E-state index contributed by atoms with van der Waals surface area (Å²) >= 11 is 0. The zero-order valence-electron chi connectivity index (χ0n) is 9.48. The Morgan fingerprint density at radius 2 is 2.14 bits per heavy atom. The Hall–Kier alpha value is -1.01. The molecule has 0 saturated carbocycles. The fraction of sp³-hybridized carbons (Fsp3) is 0.727. The van der Waals surface area contributed by atoms with Crippen LogP contribution in [0.15, 0.2) is 0 Å². The average Bonchev–Trinajstić information content (AvgIpc) is 2.18. The summed E-state index contributed by atoms with van der Waals surface area (Å²) in [6.07, 6.45) is 6.18. The lowest BCUT2D eigenvalue weighted by molar-refractivity contribution is -0.128. The highest BCUT2D eigenvalue weighted by atomic mass is 16.2. The Morgan fingerprint density at radius 3 is 2.50 bits per heavy atom. The van der Waals surface area contributed by atoms with E-state index in [1.807, 2.05) is 20.8 Å². The van der Waals surface area contributed by atoms with Crippen LogP contribution in [0.3, 0.4) is 0 Å². The normalized spacial score (nSPS) is 13.1. The smallest absolute Gasteiger partial charge is 0.226 e. The first-order valence-corrected chi connectivity index (χ1v) is 4.89. The van der Waals surface area contributed by atoms with Gasteiger partial charge in [-0.1, -0.05) is 12.8 Å². The van der Waals surface area contributed by atoms with Crippen LogP contribution in [0.25, 0.3) is 0 Å². The van der Waals surface area contributed by atoms with Gasteiger partial charge in [0.15, 0.2) is 0 Å². The van der Waals surface area contributed by atoms with E-state index >= 15 is 0 Å². The molecule has 2 N–H and O–H groups in total.